The molecule has 2 N–H and O–H groups in total. The first-order valence-corrected chi connectivity index (χ1v) is 10.8. The number of aliphatic hydroxyl groups is 1. The quantitative estimate of drug-likeness (QED) is 0.315. The summed E-state index contributed by atoms with van der Waals surface area (Å²) in [6.45, 7) is 1.38. The Morgan fingerprint density at radius 2 is 1.60 bits per heavy atom. The van der Waals surface area contributed by atoms with Crippen LogP contribution in [0.2, 0.25) is 0 Å². The highest BCUT2D eigenvalue weighted by Crippen LogP contribution is 2.43. The molecule has 0 spiro atoms. The smallest absolute Gasteiger partial charge is 0.300 e. The number of carbonyl (C=O) groups is 3. The molecule has 1 heterocycles. The van der Waals surface area contributed by atoms with Gasteiger partial charge in [0.25, 0.3) is 11.7 Å². The number of aliphatic hydroxyl groups excluding tert-OH is 1. The third-order valence-electron chi connectivity index (χ3n) is 5.66. The Morgan fingerprint density at radius 3 is 2.26 bits per heavy atom. The second kappa shape index (κ2) is 9.72. The molecule has 0 aliphatic carbocycles. The predicted molar refractivity (Wildman–Crippen MR) is 132 cm³/mol. The predicted octanol–water partition coefficient (Wildman–Crippen LogP) is 4.29. The molecule has 0 saturated carbocycles. The van der Waals surface area contributed by atoms with E-state index in [1.54, 1.807) is 72.8 Å². The summed E-state index contributed by atoms with van der Waals surface area (Å²) in [6, 6.07) is 19.2. The Kier molecular flexibility index (Phi) is 6.55. The van der Waals surface area contributed by atoms with Crippen molar-refractivity contribution in [3.8, 4) is 11.5 Å². The maximum absolute atomic E-state index is 13.3. The fraction of sp³-hybridized carbons (Fsp3) is 0.148. The van der Waals surface area contributed by atoms with Crippen molar-refractivity contribution in [2.24, 2.45) is 0 Å². The maximum atomic E-state index is 13.3. The summed E-state index contributed by atoms with van der Waals surface area (Å²) in [5.74, 6) is -1.08. The van der Waals surface area contributed by atoms with E-state index < -0.39 is 17.7 Å². The SMILES string of the molecule is COc1ccc(/C(O)=C2\C(=O)C(=O)N(c3cccc(NC(C)=O)c3)C2c2cccc(OC)c2)cc1. The summed E-state index contributed by atoms with van der Waals surface area (Å²) in [5, 5.41) is 13.9. The van der Waals surface area contributed by atoms with Gasteiger partial charge in [-0.3, -0.25) is 19.3 Å². The van der Waals surface area contributed by atoms with Crippen LogP contribution in [0.15, 0.2) is 78.4 Å². The van der Waals surface area contributed by atoms with Crippen LogP contribution in [0.5, 0.6) is 11.5 Å². The van der Waals surface area contributed by atoms with Gasteiger partial charge in [0.15, 0.2) is 0 Å². The van der Waals surface area contributed by atoms with E-state index in [1.165, 1.54) is 26.0 Å². The lowest BCUT2D eigenvalue weighted by Gasteiger charge is -2.26. The number of hydrogen-bond acceptors (Lipinski definition) is 6. The fourth-order valence-electron chi connectivity index (χ4n) is 4.07. The first-order valence-electron chi connectivity index (χ1n) is 10.8. The third-order valence-corrected chi connectivity index (χ3v) is 5.66. The molecule has 8 heteroatoms. The summed E-state index contributed by atoms with van der Waals surface area (Å²) in [5.41, 5.74) is 1.74. The van der Waals surface area contributed by atoms with Crippen molar-refractivity contribution in [3.05, 3.63) is 89.5 Å². The highest BCUT2D eigenvalue weighted by Gasteiger charge is 2.47. The van der Waals surface area contributed by atoms with Gasteiger partial charge in [0, 0.05) is 23.9 Å². The molecule has 2 amide bonds. The van der Waals surface area contributed by atoms with Crippen LogP contribution in [-0.4, -0.2) is 36.9 Å². The lowest BCUT2D eigenvalue weighted by molar-refractivity contribution is -0.132. The molecule has 1 atom stereocenters. The monoisotopic (exact) mass is 472 g/mol. The van der Waals surface area contributed by atoms with Crippen LogP contribution in [0, 0.1) is 0 Å². The van der Waals surface area contributed by atoms with Crippen LogP contribution in [-0.2, 0) is 14.4 Å². The van der Waals surface area contributed by atoms with Crippen molar-refractivity contribution in [2.45, 2.75) is 13.0 Å². The zero-order chi connectivity index (χ0) is 25.1. The molecule has 178 valence electrons. The third kappa shape index (κ3) is 4.59. The molecule has 1 aliphatic rings. The molecule has 1 aliphatic heterocycles. The molecule has 35 heavy (non-hydrogen) atoms. The van der Waals surface area contributed by atoms with E-state index >= 15 is 0 Å². The molecular weight excluding hydrogens is 448 g/mol. The van der Waals surface area contributed by atoms with E-state index in [0.29, 0.717) is 34.0 Å². The van der Waals surface area contributed by atoms with Crippen molar-refractivity contribution < 1.29 is 29.0 Å². The van der Waals surface area contributed by atoms with Crippen LogP contribution in [0.4, 0.5) is 11.4 Å². The normalized spacial score (nSPS) is 16.8. The molecule has 1 unspecified atom stereocenters. The van der Waals surface area contributed by atoms with Gasteiger partial charge in [-0.25, -0.2) is 0 Å². The van der Waals surface area contributed by atoms with Crippen molar-refractivity contribution >= 4 is 34.7 Å². The Labute approximate surface area is 202 Å². The van der Waals surface area contributed by atoms with E-state index in [4.69, 9.17) is 9.47 Å². The number of anilines is 2. The second-order valence-corrected chi connectivity index (χ2v) is 7.91. The summed E-state index contributed by atoms with van der Waals surface area (Å²) < 4.78 is 10.5. The number of hydrogen-bond donors (Lipinski definition) is 2. The number of benzene rings is 3. The molecule has 0 bridgehead atoms. The lowest BCUT2D eigenvalue weighted by atomic mass is 9.95. The first kappa shape index (κ1) is 23.6. The van der Waals surface area contributed by atoms with E-state index in [0.717, 1.165) is 0 Å². The van der Waals surface area contributed by atoms with Crippen LogP contribution < -0.4 is 19.7 Å². The molecule has 0 aromatic heterocycles. The summed E-state index contributed by atoms with van der Waals surface area (Å²) >= 11 is 0. The molecule has 8 nitrogen and oxygen atoms in total. The number of Topliss-reactive ketones (excluding diaryl/α,β-unsaturated/α-hetero) is 1. The number of rotatable bonds is 6. The van der Waals surface area contributed by atoms with Crippen LogP contribution in [0.3, 0.4) is 0 Å². The van der Waals surface area contributed by atoms with Crippen molar-refractivity contribution in [1.82, 2.24) is 0 Å². The van der Waals surface area contributed by atoms with Gasteiger partial charge in [-0.2, -0.15) is 0 Å². The van der Waals surface area contributed by atoms with Crippen molar-refractivity contribution in [3.63, 3.8) is 0 Å². The highest BCUT2D eigenvalue weighted by atomic mass is 16.5. The summed E-state index contributed by atoms with van der Waals surface area (Å²) in [4.78, 5) is 39.5. The minimum atomic E-state index is -0.931. The van der Waals surface area contributed by atoms with Gasteiger partial charge in [-0.15, -0.1) is 0 Å². The maximum Gasteiger partial charge on any atom is 0.300 e. The van der Waals surface area contributed by atoms with E-state index in [-0.39, 0.29) is 17.2 Å². The van der Waals surface area contributed by atoms with Gasteiger partial charge in [0.1, 0.15) is 17.3 Å². The number of ether oxygens (including phenoxy) is 2. The molecule has 1 saturated heterocycles. The van der Waals surface area contributed by atoms with Gasteiger partial charge < -0.3 is 19.9 Å². The highest BCUT2D eigenvalue weighted by molar-refractivity contribution is 6.51. The number of methoxy groups -OCH3 is 2. The molecule has 4 rings (SSSR count). The van der Waals surface area contributed by atoms with E-state index in [2.05, 4.69) is 5.32 Å². The largest absolute Gasteiger partial charge is 0.507 e. The van der Waals surface area contributed by atoms with Gasteiger partial charge in [0.2, 0.25) is 5.91 Å². The molecule has 3 aromatic rings. The van der Waals surface area contributed by atoms with Crippen LogP contribution >= 0.6 is 0 Å². The van der Waals surface area contributed by atoms with E-state index in [9.17, 15) is 19.5 Å². The fourth-order valence-corrected chi connectivity index (χ4v) is 4.07. The summed E-state index contributed by atoms with van der Waals surface area (Å²) in [6.07, 6.45) is 0. The van der Waals surface area contributed by atoms with Crippen molar-refractivity contribution in [2.75, 3.05) is 24.4 Å². The molecule has 1 fully saturated rings. The minimum absolute atomic E-state index is 0.0571. The number of ketones is 1. The molecule has 3 aromatic carbocycles. The lowest BCUT2D eigenvalue weighted by Crippen LogP contribution is -2.29. The number of carbonyl (C=O) groups excluding carboxylic acids is 3. The topological polar surface area (TPSA) is 105 Å². The van der Waals surface area contributed by atoms with Crippen LogP contribution in [0.25, 0.3) is 5.76 Å². The first-order chi connectivity index (χ1) is 16.8. The van der Waals surface area contributed by atoms with Gasteiger partial charge in [-0.05, 0) is 60.2 Å². The Bertz CT molecular complexity index is 1330. The van der Waals surface area contributed by atoms with Crippen molar-refractivity contribution in [1.29, 1.82) is 0 Å². The number of nitrogens with one attached hydrogen (secondary N) is 1. The zero-order valence-electron chi connectivity index (χ0n) is 19.4. The average Bonchev–Trinajstić information content (AvgIpc) is 3.13. The zero-order valence-corrected chi connectivity index (χ0v) is 19.4. The number of amides is 2. The number of nitrogens with zero attached hydrogens (tertiary/aromatic N) is 1. The second-order valence-electron chi connectivity index (χ2n) is 7.91. The Hall–Kier alpha value is -4.59. The minimum Gasteiger partial charge on any atom is -0.507 e. The molecule has 0 radical (unpaired) electrons. The average molecular weight is 472 g/mol. The van der Waals surface area contributed by atoms with Gasteiger partial charge in [-0.1, -0.05) is 18.2 Å². The summed E-state index contributed by atoms with van der Waals surface area (Å²) in [7, 11) is 3.04. The van der Waals surface area contributed by atoms with Gasteiger partial charge in [0.05, 0.1) is 25.8 Å². The Morgan fingerprint density at radius 1 is 0.914 bits per heavy atom. The van der Waals surface area contributed by atoms with Gasteiger partial charge >= 0.3 is 0 Å². The molecular formula is C27H24N2O6. The van der Waals surface area contributed by atoms with Crippen LogP contribution in [0.1, 0.15) is 24.1 Å². The standard InChI is InChI=1S/C27H24N2O6/c1-16(30)28-19-7-5-8-20(15-19)29-24(18-6-4-9-22(14-18)35-3)23(26(32)27(29)33)25(31)17-10-12-21(34-2)13-11-17/h4-15,24,31H,1-3H3,(H,28,30)/b25-23+. The Balaban J connectivity index is 1.91. The van der Waals surface area contributed by atoms with E-state index in [1.807, 2.05) is 0 Å².